The first kappa shape index (κ1) is 15.5. The molecule has 3 rings (SSSR count). The smallest absolute Gasteiger partial charge is 0.258 e. The van der Waals surface area contributed by atoms with Crippen LogP contribution >= 0.6 is 0 Å². The Morgan fingerprint density at radius 2 is 1.88 bits per heavy atom. The number of hydrogen-bond donors (Lipinski definition) is 1. The van der Waals surface area contributed by atoms with Crippen LogP contribution in [0.15, 0.2) is 53.2 Å². The van der Waals surface area contributed by atoms with Gasteiger partial charge >= 0.3 is 0 Å². The van der Waals surface area contributed by atoms with E-state index < -0.39 is 0 Å². The van der Waals surface area contributed by atoms with Crippen LogP contribution < -0.4 is 14.8 Å². The van der Waals surface area contributed by atoms with E-state index in [9.17, 15) is 4.79 Å². The van der Waals surface area contributed by atoms with E-state index in [-0.39, 0.29) is 11.8 Å². The summed E-state index contributed by atoms with van der Waals surface area (Å²) >= 11 is 0. The van der Waals surface area contributed by atoms with Crippen molar-refractivity contribution in [3.63, 3.8) is 0 Å². The minimum absolute atomic E-state index is 0.232. The summed E-state index contributed by atoms with van der Waals surface area (Å²) < 4.78 is 15.5. The van der Waals surface area contributed by atoms with Crippen molar-refractivity contribution in [3.05, 3.63) is 54.2 Å². The largest absolute Gasteiger partial charge is 0.493 e. The highest BCUT2D eigenvalue weighted by atomic mass is 16.5. The van der Waals surface area contributed by atoms with Crippen molar-refractivity contribution in [2.24, 2.45) is 0 Å². The quantitative estimate of drug-likeness (QED) is 0.776. The van der Waals surface area contributed by atoms with Crippen LogP contribution in [0.3, 0.4) is 0 Å². The van der Waals surface area contributed by atoms with Gasteiger partial charge in [-0.3, -0.25) is 15.1 Å². The molecule has 7 heteroatoms. The zero-order valence-corrected chi connectivity index (χ0v) is 13.1. The number of anilines is 1. The second-order valence-corrected chi connectivity index (χ2v) is 4.82. The molecule has 24 heavy (non-hydrogen) atoms. The monoisotopic (exact) mass is 325 g/mol. The number of nitrogens with one attached hydrogen (secondary N) is 1. The number of methoxy groups -OCH3 is 2. The molecule has 2 aromatic heterocycles. The Kier molecular flexibility index (Phi) is 4.42. The summed E-state index contributed by atoms with van der Waals surface area (Å²) in [4.78, 5) is 16.5. The van der Waals surface area contributed by atoms with Gasteiger partial charge in [0.1, 0.15) is 5.69 Å². The van der Waals surface area contributed by atoms with Crippen molar-refractivity contribution in [1.82, 2.24) is 10.1 Å². The lowest BCUT2D eigenvalue weighted by Gasteiger charge is -2.08. The van der Waals surface area contributed by atoms with Gasteiger partial charge < -0.3 is 14.0 Å². The summed E-state index contributed by atoms with van der Waals surface area (Å²) in [5.41, 5.74) is 1.61. The van der Waals surface area contributed by atoms with Crippen molar-refractivity contribution >= 4 is 11.8 Å². The lowest BCUT2D eigenvalue weighted by atomic mass is 10.2. The van der Waals surface area contributed by atoms with E-state index in [4.69, 9.17) is 14.0 Å². The van der Waals surface area contributed by atoms with E-state index in [1.165, 1.54) is 14.2 Å². The van der Waals surface area contributed by atoms with Crippen LogP contribution in [-0.4, -0.2) is 30.3 Å². The van der Waals surface area contributed by atoms with Gasteiger partial charge in [0, 0.05) is 17.8 Å². The van der Waals surface area contributed by atoms with E-state index in [0.717, 1.165) is 0 Å². The predicted octanol–water partition coefficient (Wildman–Crippen LogP) is 3.01. The molecule has 0 radical (unpaired) electrons. The molecule has 0 aliphatic rings. The summed E-state index contributed by atoms with van der Waals surface area (Å²) in [6, 6.07) is 11.9. The minimum Gasteiger partial charge on any atom is -0.493 e. The number of benzene rings is 1. The third-order valence-corrected chi connectivity index (χ3v) is 3.32. The molecule has 1 N–H and O–H groups in total. The second kappa shape index (κ2) is 6.82. The number of ether oxygens (including phenoxy) is 2. The summed E-state index contributed by atoms with van der Waals surface area (Å²) in [6.07, 6.45) is 1.66. The van der Waals surface area contributed by atoms with Crippen molar-refractivity contribution < 1.29 is 18.8 Å². The van der Waals surface area contributed by atoms with E-state index in [1.54, 1.807) is 36.5 Å². The fourth-order valence-electron chi connectivity index (χ4n) is 2.13. The van der Waals surface area contributed by atoms with Crippen molar-refractivity contribution in [2.45, 2.75) is 0 Å². The molecule has 0 saturated carbocycles. The number of carbonyl (C=O) groups is 1. The van der Waals surface area contributed by atoms with E-state index >= 15 is 0 Å². The van der Waals surface area contributed by atoms with Crippen LogP contribution in [0.4, 0.5) is 5.88 Å². The van der Waals surface area contributed by atoms with Crippen LogP contribution in [0, 0.1) is 0 Å². The third-order valence-electron chi connectivity index (χ3n) is 3.32. The molecular weight excluding hydrogens is 310 g/mol. The molecule has 1 aromatic carbocycles. The van der Waals surface area contributed by atoms with Gasteiger partial charge in [-0.1, -0.05) is 11.2 Å². The Labute approximate surface area is 138 Å². The normalized spacial score (nSPS) is 10.2. The fourth-order valence-corrected chi connectivity index (χ4v) is 2.13. The molecule has 0 aliphatic heterocycles. The fraction of sp³-hybridized carbons (Fsp3) is 0.118. The van der Waals surface area contributed by atoms with Gasteiger partial charge in [0.05, 0.1) is 19.9 Å². The minimum atomic E-state index is -0.348. The van der Waals surface area contributed by atoms with Crippen LogP contribution in [-0.2, 0) is 0 Å². The number of aromatic nitrogens is 2. The topological polar surface area (TPSA) is 86.5 Å². The number of carbonyl (C=O) groups excluding carboxylic acids is 1. The average Bonchev–Trinajstić information content (AvgIpc) is 3.10. The molecule has 1 amide bonds. The molecule has 0 atom stereocenters. The molecule has 122 valence electrons. The maximum absolute atomic E-state index is 12.3. The number of hydrogen-bond acceptors (Lipinski definition) is 6. The third kappa shape index (κ3) is 3.19. The second-order valence-electron chi connectivity index (χ2n) is 4.82. The first-order chi connectivity index (χ1) is 11.7. The van der Waals surface area contributed by atoms with Crippen molar-refractivity contribution in [1.29, 1.82) is 0 Å². The first-order valence-electron chi connectivity index (χ1n) is 7.13. The summed E-state index contributed by atoms with van der Waals surface area (Å²) in [6.45, 7) is 0. The predicted molar refractivity (Wildman–Crippen MR) is 87.2 cm³/mol. The lowest BCUT2D eigenvalue weighted by Crippen LogP contribution is -2.11. The van der Waals surface area contributed by atoms with Crippen LogP contribution in [0.1, 0.15) is 10.4 Å². The maximum atomic E-state index is 12.3. The molecule has 0 bridgehead atoms. The zero-order valence-electron chi connectivity index (χ0n) is 13.1. The zero-order chi connectivity index (χ0) is 16.9. The number of rotatable bonds is 5. The van der Waals surface area contributed by atoms with Gasteiger partial charge in [-0.2, -0.15) is 0 Å². The molecular formula is C17H15N3O4. The van der Waals surface area contributed by atoms with Crippen LogP contribution in [0.5, 0.6) is 11.5 Å². The highest BCUT2D eigenvalue weighted by Crippen LogP contribution is 2.28. The van der Waals surface area contributed by atoms with Gasteiger partial charge in [0.25, 0.3) is 5.91 Å². The molecule has 0 fully saturated rings. The Hall–Kier alpha value is -3.35. The number of nitrogens with zero attached hydrogens (tertiary/aromatic N) is 2. The highest BCUT2D eigenvalue weighted by Gasteiger charge is 2.14. The number of amides is 1. The average molecular weight is 325 g/mol. The molecule has 0 unspecified atom stereocenters. The molecule has 2 heterocycles. The van der Waals surface area contributed by atoms with Gasteiger partial charge in [-0.25, -0.2) is 0 Å². The van der Waals surface area contributed by atoms with Crippen LogP contribution in [0.2, 0.25) is 0 Å². The van der Waals surface area contributed by atoms with E-state index in [2.05, 4.69) is 15.5 Å². The summed E-state index contributed by atoms with van der Waals surface area (Å²) in [5.74, 6) is 0.901. The Bertz CT molecular complexity index is 846. The Balaban J connectivity index is 1.77. The first-order valence-corrected chi connectivity index (χ1v) is 7.13. The van der Waals surface area contributed by atoms with Crippen molar-refractivity contribution in [3.8, 4) is 22.9 Å². The van der Waals surface area contributed by atoms with Gasteiger partial charge in [0.2, 0.25) is 5.88 Å². The van der Waals surface area contributed by atoms with Gasteiger partial charge in [-0.05, 0) is 30.3 Å². The van der Waals surface area contributed by atoms with Crippen molar-refractivity contribution in [2.75, 3.05) is 19.5 Å². The molecule has 0 aliphatic carbocycles. The molecule has 3 aromatic rings. The molecule has 0 spiro atoms. The summed E-state index contributed by atoms with van der Waals surface area (Å²) in [5, 5.41) is 6.54. The van der Waals surface area contributed by atoms with E-state index in [0.29, 0.717) is 28.5 Å². The standard InChI is InChI=1S/C17H15N3O4/c1-22-14-7-6-11(9-15(14)23-2)17(21)19-16-10-13(20-24-16)12-5-3-4-8-18-12/h3-10H,1-2H3,(H,19,21). The number of pyridine rings is 1. The Morgan fingerprint density at radius 1 is 1.04 bits per heavy atom. The maximum Gasteiger partial charge on any atom is 0.258 e. The highest BCUT2D eigenvalue weighted by molar-refractivity contribution is 6.04. The SMILES string of the molecule is COc1ccc(C(=O)Nc2cc(-c3ccccn3)no2)cc1OC. The lowest BCUT2D eigenvalue weighted by molar-refractivity contribution is 0.102. The van der Waals surface area contributed by atoms with Crippen LogP contribution in [0.25, 0.3) is 11.4 Å². The summed E-state index contributed by atoms with van der Waals surface area (Å²) in [7, 11) is 3.04. The van der Waals surface area contributed by atoms with Gasteiger partial charge in [-0.15, -0.1) is 0 Å². The van der Waals surface area contributed by atoms with Gasteiger partial charge in [0.15, 0.2) is 11.5 Å². The Morgan fingerprint density at radius 3 is 2.58 bits per heavy atom. The molecule has 7 nitrogen and oxygen atoms in total. The van der Waals surface area contributed by atoms with E-state index in [1.807, 2.05) is 12.1 Å². The molecule has 0 saturated heterocycles.